The van der Waals surface area contributed by atoms with E-state index in [-0.39, 0.29) is 6.03 Å². The largest absolute Gasteiger partial charge is 0.378 e. The van der Waals surface area contributed by atoms with Crippen LogP contribution in [-0.4, -0.2) is 61.1 Å². The number of nitrogens with zero attached hydrogens (tertiary/aromatic N) is 2. The molecule has 2 amide bonds. The van der Waals surface area contributed by atoms with E-state index >= 15 is 0 Å². The zero-order chi connectivity index (χ0) is 10.4. The molecule has 0 atom stereocenters. The molecule has 1 rings (SSSR count). The molecule has 0 unspecified atom stereocenters. The highest BCUT2D eigenvalue weighted by atomic mass is 79.9. The Morgan fingerprint density at radius 3 is 2.71 bits per heavy atom. The van der Waals surface area contributed by atoms with Crippen LogP contribution in [-0.2, 0) is 4.74 Å². The molecule has 1 aliphatic rings. The Labute approximate surface area is 93.3 Å². The van der Waals surface area contributed by atoms with Crippen molar-refractivity contribution in [3.63, 3.8) is 0 Å². The lowest BCUT2D eigenvalue weighted by atomic mass is 10.4. The third-order valence-electron chi connectivity index (χ3n) is 2.24. The molecule has 0 spiro atoms. The van der Waals surface area contributed by atoms with Crippen molar-refractivity contribution >= 4 is 22.0 Å². The predicted octanol–water partition coefficient (Wildman–Crippen LogP) is 1.16. The first-order chi connectivity index (χ1) is 6.75. The van der Waals surface area contributed by atoms with Crippen molar-refractivity contribution in [1.29, 1.82) is 0 Å². The smallest absolute Gasteiger partial charge is 0.319 e. The summed E-state index contributed by atoms with van der Waals surface area (Å²) in [4.78, 5) is 15.4. The summed E-state index contributed by atoms with van der Waals surface area (Å²) in [6.45, 7) is 3.58. The van der Waals surface area contributed by atoms with Gasteiger partial charge in [0.05, 0.1) is 13.2 Å². The number of alkyl halides is 1. The molecule has 1 fully saturated rings. The maximum Gasteiger partial charge on any atom is 0.319 e. The minimum absolute atomic E-state index is 0.120. The number of ether oxygens (including phenoxy) is 1. The first-order valence-electron chi connectivity index (χ1n) is 4.89. The predicted molar refractivity (Wildman–Crippen MR) is 58.8 cm³/mol. The van der Waals surface area contributed by atoms with Gasteiger partial charge in [-0.1, -0.05) is 15.9 Å². The van der Waals surface area contributed by atoms with Crippen LogP contribution in [0.1, 0.15) is 6.42 Å². The van der Waals surface area contributed by atoms with Crippen molar-refractivity contribution in [3.8, 4) is 0 Å². The monoisotopic (exact) mass is 264 g/mol. The third kappa shape index (κ3) is 3.46. The van der Waals surface area contributed by atoms with E-state index in [1.165, 1.54) is 0 Å². The maximum atomic E-state index is 11.8. The number of morpholine rings is 1. The SMILES string of the molecule is CN(CCCBr)C(=O)N1CCOCC1. The van der Waals surface area contributed by atoms with Crippen molar-refractivity contribution in [2.45, 2.75) is 6.42 Å². The molecule has 0 saturated carbocycles. The van der Waals surface area contributed by atoms with Gasteiger partial charge < -0.3 is 14.5 Å². The van der Waals surface area contributed by atoms with Gasteiger partial charge in [0.15, 0.2) is 0 Å². The average molecular weight is 265 g/mol. The Bertz CT molecular complexity index is 184. The van der Waals surface area contributed by atoms with Gasteiger partial charge in [-0.3, -0.25) is 0 Å². The number of hydrogen-bond acceptors (Lipinski definition) is 2. The summed E-state index contributed by atoms with van der Waals surface area (Å²) in [7, 11) is 1.85. The second kappa shape index (κ2) is 6.24. The van der Waals surface area contributed by atoms with Gasteiger partial charge in [-0.25, -0.2) is 4.79 Å². The van der Waals surface area contributed by atoms with Gasteiger partial charge in [0.1, 0.15) is 0 Å². The van der Waals surface area contributed by atoms with E-state index in [2.05, 4.69) is 15.9 Å². The van der Waals surface area contributed by atoms with Crippen molar-refractivity contribution < 1.29 is 9.53 Å². The van der Waals surface area contributed by atoms with Gasteiger partial charge in [0, 0.05) is 32.0 Å². The van der Waals surface area contributed by atoms with Gasteiger partial charge in [-0.05, 0) is 6.42 Å². The van der Waals surface area contributed by atoms with E-state index in [9.17, 15) is 4.79 Å². The molecule has 4 nitrogen and oxygen atoms in total. The third-order valence-corrected chi connectivity index (χ3v) is 2.80. The van der Waals surface area contributed by atoms with E-state index < -0.39 is 0 Å². The molecule has 0 aromatic rings. The normalized spacial score (nSPS) is 16.9. The topological polar surface area (TPSA) is 32.8 Å². The Kier molecular flexibility index (Phi) is 5.25. The van der Waals surface area contributed by atoms with Crippen LogP contribution in [0.2, 0.25) is 0 Å². The van der Waals surface area contributed by atoms with Crippen LogP contribution < -0.4 is 0 Å². The molecule has 0 bridgehead atoms. The summed E-state index contributed by atoms with van der Waals surface area (Å²) < 4.78 is 5.19. The summed E-state index contributed by atoms with van der Waals surface area (Å²) in [5.41, 5.74) is 0. The van der Waals surface area contributed by atoms with Gasteiger partial charge in [0.25, 0.3) is 0 Å². The minimum atomic E-state index is 0.120. The summed E-state index contributed by atoms with van der Waals surface area (Å²) in [6.07, 6.45) is 0.993. The zero-order valence-corrected chi connectivity index (χ0v) is 10.1. The molecular formula is C9H17BrN2O2. The van der Waals surface area contributed by atoms with E-state index in [4.69, 9.17) is 4.74 Å². The number of urea groups is 1. The van der Waals surface area contributed by atoms with Crippen LogP contribution in [0.15, 0.2) is 0 Å². The summed E-state index contributed by atoms with van der Waals surface area (Å²) in [5.74, 6) is 0. The quantitative estimate of drug-likeness (QED) is 0.717. The Morgan fingerprint density at radius 1 is 1.50 bits per heavy atom. The van der Waals surface area contributed by atoms with Crippen molar-refractivity contribution in [3.05, 3.63) is 0 Å². The van der Waals surface area contributed by atoms with Crippen molar-refractivity contribution in [2.75, 3.05) is 45.2 Å². The zero-order valence-electron chi connectivity index (χ0n) is 8.54. The van der Waals surface area contributed by atoms with Gasteiger partial charge in [0.2, 0.25) is 0 Å². The van der Waals surface area contributed by atoms with Crippen molar-refractivity contribution in [1.82, 2.24) is 9.80 Å². The van der Waals surface area contributed by atoms with E-state index in [0.29, 0.717) is 13.2 Å². The average Bonchev–Trinajstić information content (AvgIpc) is 2.26. The van der Waals surface area contributed by atoms with E-state index in [1.807, 2.05) is 11.9 Å². The number of carbonyl (C=O) groups is 1. The first kappa shape index (κ1) is 11.8. The van der Waals surface area contributed by atoms with Crippen LogP contribution in [0.4, 0.5) is 4.79 Å². The van der Waals surface area contributed by atoms with Crippen LogP contribution >= 0.6 is 15.9 Å². The molecule has 14 heavy (non-hydrogen) atoms. The second-order valence-electron chi connectivity index (χ2n) is 3.35. The number of amides is 2. The fourth-order valence-electron chi connectivity index (χ4n) is 1.39. The molecule has 1 aliphatic heterocycles. The first-order valence-corrected chi connectivity index (χ1v) is 6.01. The van der Waals surface area contributed by atoms with Crippen LogP contribution in [0, 0.1) is 0 Å². The highest BCUT2D eigenvalue weighted by molar-refractivity contribution is 9.09. The van der Waals surface area contributed by atoms with E-state index in [1.54, 1.807) is 4.90 Å². The lowest BCUT2D eigenvalue weighted by Crippen LogP contribution is -2.47. The fraction of sp³-hybridized carbons (Fsp3) is 0.889. The Balaban J connectivity index is 2.30. The van der Waals surface area contributed by atoms with E-state index in [0.717, 1.165) is 31.4 Å². The van der Waals surface area contributed by atoms with Gasteiger partial charge in [-0.2, -0.15) is 0 Å². The lowest BCUT2D eigenvalue weighted by Gasteiger charge is -2.30. The lowest BCUT2D eigenvalue weighted by molar-refractivity contribution is 0.0453. The molecule has 5 heteroatoms. The minimum Gasteiger partial charge on any atom is -0.378 e. The molecule has 0 radical (unpaired) electrons. The number of rotatable bonds is 3. The molecular weight excluding hydrogens is 248 g/mol. The highest BCUT2D eigenvalue weighted by Crippen LogP contribution is 2.02. The van der Waals surface area contributed by atoms with Crippen LogP contribution in [0.25, 0.3) is 0 Å². The fourth-order valence-corrected chi connectivity index (χ4v) is 1.64. The molecule has 0 aliphatic carbocycles. The Hall–Kier alpha value is -0.290. The Morgan fingerprint density at radius 2 is 2.14 bits per heavy atom. The maximum absolute atomic E-state index is 11.8. The summed E-state index contributed by atoms with van der Waals surface area (Å²) in [6, 6.07) is 0.120. The summed E-state index contributed by atoms with van der Waals surface area (Å²) in [5, 5.41) is 0.938. The molecule has 0 N–H and O–H groups in total. The van der Waals surface area contributed by atoms with Crippen LogP contribution in [0.5, 0.6) is 0 Å². The number of hydrogen-bond donors (Lipinski definition) is 0. The van der Waals surface area contributed by atoms with Crippen molar-refractivity contribution in [2.24, 2.45) is 0 Å². The molecule has 1 heterocycles. The van der Waals surface area contributed by atoms with Gasteiger partial charge in [-0.15, -0.1) is 0 Å². The molecule has 0 aromatic heterocycles. The molecule has 1 saturated heterocycles. The van der Waals surface area contributed by atoms with Crippen LogP contribution in [0.3, 0.4) is 0 Å². The standard InChI is InChI=1S/C9H17BrN2O2/c1-11(4-2-3-10)9(13)12-5-7-14-8-6-12/h2-8H2,1H3. The highest BCUT2D eigenvalue weighted by Gasteiger charge is 2.19. The molecule has 82 valence electrons. The molecule has 0 aromatic carbocycles. The number of carbonyl (C=O) groups excluding carboxylic acids is 1. The second-order valence-corrected chi connectivity index (χ2v) is 4.14. The van der Waals surface area contributed by atoms with Gasteiger partial charge >= 0.3 is 6.03 Å². The summed E-state index contributed by atoms with van der Waals surface area (Å²) >= 11 is 3.35. The number of halogens is 1.